The zero-order chi connectivity index (χ0) is 12.2. The van der Waals surface area contributed by atoms with Gasteiger partial charge in [-0.25, -0.2) is 0 Å². The van der Waals surface area contributed by atoms with E-state index >= 15 is 0 Å². The second-order valence-corrected chi connectivity index (χ2v) is 5.89. The van der Waals surface area contributed by atoms with Crippen LogP contribution in [0.3, 0.4) is 0 Å². The fourth-order valence-electron chi connectivity index (χ4n) is 2.51. The van der Waals surface area contributed by atoms with E-state index in [0.29, 0.717) is 0 Å². The largest absolute Gasteiger partial charge is 0.309 e. The monoisotopic (exact) mass is 223 g/mol. The van der Waals surface area contributed by atoms with Gasteiger partial charge in [0.1, 0.15) is 0 Å². The molecule has 1 heterocycles. The van der Waals surface area contributed by atoms with Crippen LogP contribution in [0.25, 0.3) is 0 Å². The Morgan fingerprint density at radius 1 is 1.44 bits per heavy atom. The fraction of sp³-hybridized carbons (Fsp3) is 0.923. The van der Waals surface area contributed by atoms with E-state index in [4.69, 9.17) is 5.26 Å². The number of likely N-dealkylation sites (tertiary alicyclic amines) is 1. The van der Waals surface area contributed by atoms with Gasteiger partial charge in [-0.1, -0.05) is 13.8 Å². The summed E-state index contributed by atoms with van der Waals surface area (Å²) in [7, 11) is 4.23. The van der Waals surface area contributed by atoms with E-state index < -0.39 is 0 Å². The van der Waals surface area contributed by atoms with Crippen LogP contribution in [-0.4, -0.2) is 50.1 Å². The molecule has 92 valence electrons. The van der Waals surface area contributed by atoms with Crippen molar-refractivity contribution in [3.8, 4) is 6.07 Å². The second kappa shape index (κ2) is 5.65. The van der Waals surface area contributed by atoms with Crippen molar-refractivity contribution in [3.63, 3.8) is 0 Å². The molecule has 1 rings (SSSR count). The minimum atomic E-state index is 0.158. The smallest absolute Gasteiger partial charge is 0.0662 e. The van der Waals surface area contributed by atoms with Crippen LogP contribution in [-0.2, 0) is 0 Å². The number of hydrogen-bond acceptors (Lipinski definition) is 3. The molecule has 1 saturated heterocycles. The fourth-order valence-corrected chi connectivity index (χ4v) is 2.51. The Morgan fingerprint density at radius 2 is 2.12 bits per heavy atom. The van der Waals surface area contributed by atoms with Crippen molar-refractivity contribution in [2.24, 2.45) is 11.3 Å². The standard InChI is InChI=1S/C13H25N3/c1-13(2)11-16(8-5-7-15(3)4)9-6-12(13)10-14/h12H,5-9,11H2,1-4H3. The van der Waals surface area contributed by atoms with E-state index in [-0.39, 0.29) is 11.3 Å². The normalized spacial score (nSPS) is 25.6. The van der Waals surface area contributed by atoms with Gasteiger partial charge in [0, 0.05) is 6.54 Å². The molecule has 1 fully saturated rings. The molecule has 1 aliphatic rings. The Hall–Kier alpha value is -0.590. The molecule has 3 heteroatoms. The molecule has 16 heavy (non-hydrogen) atoms. The first-order valence-electron chi connectivity index (χ1n) is 6.22. The van der Waals surface area contributed by atoms with Crippen LogP contribution in [0.2, 0.25) is 0 Å². The first kappa shape index (κ1) is 13.5. The van der Waals surface area contributed by atoms with Gasteiger partial charge in [0.05, 0.1) is 12.0 Å². The van der Waals surface area contributed by atoms with Gasteiger partial charge in [-0.2, -0.15) is 5.26 Å². The zero-order valence-electron chi connectivity index (χ0n) is 11.2. The maximum atomic E-state index is 9.09. The average Bonchev–Trinajstić information content (AvgIpc) is 2.16. The third kappa shape index (κ3) is 3.77. The maximum Gasteiger partial charge on any atom is 0.0662 e. The molecule has 1 aliphatic heterocycles. The van der Waals surface area contributed by atoms with Crippen molar-refractivity contribution in [1.82, 2.24) is 9.80 Å². The van der Waals surface area contributed by atoms with E-state index in [1.807, 2.05) is 0 Å². The highest BCUT2D eigenvalue weighted by molar-refractivity contribution is 4.98. The molecule has 0 spiro atoms. The summed E-state index contributed by atoms with van der Waals surface area (Å²) in [5.41, 5.74) is 0.158. The summed E-state index contributed by atoms with van der Waals surface area (Å²) >= 11 is 0. The molecule has 0 N–H and O–H groups in total. The summed E-state index contributed by atoms with van der Waals surface area (Å²) in [5, 5.41) is 9.09. The van der Waals surface area contributed by atoms with Crippen LogP contribution in [0.1, 0.15) is 26.7 Å². The van der Waals surface area contributed by atoms with Crippen LogP contribution in [0, 0.1) is 22.7 Å². The molecule has 0 saturated carbocycles. The summed E-state index contributed by atoms with van der Waals surface area (Å²) in [6.45, 7) is 8.92. The van der Waals surface area contributed by atoms with Gasteiger partial charge in [0.15, 0.2) is 0 Å². The molecule has 0 aromatic heterocycles. The van der Waals surface area contributed by atoms with E-state index in [1.165, 1.54) is 13.0 Å². The van der Waals surface area contributed by atoms with E-state index in [2.05, 4.69) is 43.8 Å². The van der Waals surface area contributed by atoms with Crippen LogP contribution in [0.5, 0.6) is 0 Å². The van der Waals surface area contributed by atoms with Gasteiger partial charge in [-0.05, 0) is 52.0 Å². The molecular formula is C13H25N3. The Bertz CT molecular complexity index is 252. The highest BCUT2D eigenvalue weighted by atomic mass is 15.1. The number of nitrogens with zero attached hydrogens (tertiary/aromatic N) is 3. The minimum Gasteiger partial charge on any atom is -0.309 e. The van der Waals surface area contributed by atoms with Crippen LogP contribution >= 0.6 is 0 Å². The summed E-state index contributed by atoms with van der Waals surface area (Å²) in [6.07, 6.45) is 2.26. The first-order valence-corrected chi connectivity index (χ1v) is 6.22. The van der Waals surface area contributed by atoms with Crippen LogP contribution in [0.4, 0.5) is 0 Å². The van der Waals surface area contributed by atoms with Gasteiger partial charge >= 0.3 is 0 Å². The Balaban J connectivity index is 2.35. The predicted molar refractivity (Wildman–Crippen MR) is 67.1 cm³/mol. The average molecular weight is 223 g/mol. The molecule has 1 unspecified atom stereocenters. The van der Waals surface area contributed by atoms with Crippen LogP contribution in [0.15, 0.2) is 0 Å². The molecule has 0 bridgehead atoms. The summed E-state index contributed by atoms with van der Waals surface area (Å²) in [6, 6.07) is 2.45. The Kier molecular flexibility index (Phi) is 4.76. The van der Waals surface area contributed by atoms with Gasteiger partial charge < -0.3 is 9.80 Å². The molecule has 0 amide bonds. The molecule has 1 atom stereocenters. The van der Waals surface area contributed by atoms with Crippen molar-refractivity contribution in [2.75, 3.05) is 40.3 Å². The molecule has 0 aromatic rings. The lowest BCUT2D eigenvalue weighted by atomic mass is 9.75. The van der Waals surface area contributed by atoms with E-state index in [0.717, 1.165) is 26.1 Å². The third-order valence-electron chi connectivity index (χ3n) is 3.54. The minimum absolute atomic E-state index is 0.158. The van der Waals surface area contributed by atoms with Gasteiger partial charge in [0.2, 0.25) is 0 Å². The summed E-state index contributed by atoms with van der Waals surface area (Å²) in [5.74, 6) is 0.234. The van der Waals surface area contributed by atoms with Crippen molar-refractivity contribution >= 4 is 0 Å². The summed E-state index contributed by atoms with van der Waals surface area (Å²) in [4.78, 5) is 4.74. The molecule has 0 aliphatic carbocycles. The lowest BCUT2D eigenvalue weighted by Gasteiger charge is -2.41. The molecule has 3 nitrogen and oxygen atoms in total. The Morgan fingerprint density at radius 3 is 2.62 bits per heavy atom. The molecular weight excluding hydrogens is 198 g/mol. The van der Waals surface area contributed by atoms with Crippen molar-refractivity contribution in [3.05, 3.63) is 0 Å². The number of hydrogen-bond donors (Lipinski definition) is 0. The van der Waals surface area contributed by atoms with Crippen LogP contribution < -0.4 is 0 Å². The maximum absolute atomic E-state index is 9.09. The zero-order valence-corrected chi connectivity index (χ0v) is 11.2. The van der Waals surface area contributed by atoms with Gasteiger partial charge in [-0.15, -0.1) is 0 Å². The SMILES string of the molecule is CN(C)CCCN1CCC(C#N)C(C)(C)C1. The topological polar surface area (TPSA) is 30.3 Å². The van der Waals surface area contributed by atoms with Crippen molar-refractivity contribution in [1.29, 1.82) is 5.26 Å². The van der Waals surface area contributed by atoms with Crippen molar-refractivity contribution in [2.45, 2.75) is 26.7 Å². The second-order valence-electron chi connectivity index (χ2n) is 5.89. The number of nitriles is 1. The molecule has 0 radical (unpaired) electrons. The van der Waals surface area contributed by atoms with Gasteiger partial charge in [-0.3, -0.25) is 0 Å². The molecule has 0 aromatic carbocycles. The highest BCUT2D eigenvalue weighted by Gasteiger charge is 2.35. The first-order chi connectivity index (χ1) is 7.45. The predicted octanol–water partition coefficient (Wildman–Crippen LogP) is 1.81. The number of rotatable bonds is 4. The van der Waals surface area contributed by atoms with E-state index in [1.54, 1.807) is 0 Å². The highest BCUT2D eigenvalue weighted by Crippen LogP contribution is 2.34. The van der Waals surface area contributed by atoms with Crippen molar-refractivity contribution < 1.29 is 0 Å². The third-order valence-corrected chi connectivity index (χ3v) is 3.54. The Labute approximate surface area is 100 Å². The van der Waals surface area contributed by atoms with E-state index in [9.17, 15) is 0 Å². The number of piperidine rings is 1. The summed E-state index contributed by atoms with van der Waals surface area (Å²) < 4.78 is 0. The van der Waals surface area contributed by atoms with Gasteiger partial charge in [0.25, 0.3) is 0 Å². The lowest BCUT2D eigenvalue weighted by Crippen LogP contribution is -2.45. The lowest BCUT2D eigenvalue weighted by molar-refractivity contribution is 0.0800. The quantitative estimate of drug-likeness (QED) is 0.728.